The van der Waals surface area contributed by atoms with Crippen molar-refractivity contribution in [3.05, 3.63) is 16.1 Å². The first-order valence-corrected chi connectivity index (χ1v) is 7.33. The summed E-state index contributed by atoms with van der Waals surface area (Å²) in [7, 11) is 0. The molecule has 7 heteroatoms. The van der Waals surface area contributed by atoms with Crippen LogP contribution in [0.2, 0.25) is 0 Å². The van der Waals surface area contributed by atoms with Gasteiger partial charge in [0.05, 0.1) is 18.4 Å². The summed E-state index contributed by atoms with van der Waals surface area (Å²) < 4.78 is 5.67. The predicted octanol–water partition coefficient (Wildman–Crippen LogP) is 0.746. The number of amides is 1. The van der Waals surface area contributed by atoms with Gasteiger partial charge in [-0.25, -0.2) is 10.8 Å². The Balaban J connectivity index is 2.02. The van der Waals surface area contributed by atoms with E-state index >= 15 is 0 Å². The van der Waals surface area contributed by atoms with Gasteiger partial charge >= 0.3 is 0 Å². The number of morpholine rings is 1. The summed E-state index contributed by atoms with van der Waals surface area (Å²) in [6.45, 7) is 6.64. The molecular weight excluding hydrogens is 264 g/mol. The van der Waals surface area contributed by atoms with Crippen molar-refractivity contribution in [1.82, 2.24) is 15.3 Å². The van der Waals surface area contributed by atoms with E-state index in [2.05, 4.69) is 29.2 Å². The number of nitrogens with one attached hydrogen (secondary N) is 1. The summed E-state index contributed by atoms with van der Waals surface area (Å²) >= 11 is 1.32. The van der Waals surface area contributed by atoms with Gasteiger partial charge < -0.3 is 4.74 Å². The maximum atomic E-state index is 11.4. The summed E-state index contributed by atoms with van der Waals surface area (Å²) in [4.78, 5) is 18.1. The molecule has 0 aromatic carbocycles. The molecule has 106 valence electrons. The zero-order valence-corrected chi connectivity index (χ0v) is 12.1. The van der Waals surface area contributed by atoms with Crippen molar-refractivity contribution in [2.45, 2.75) is 39.0 Å². The third kappa shape index (κ3) is 3.50. The highest BCUT2D eigenvalue weighted by molar-refractivity contribution is 7.11. The van der Waals surface area contributed by atoms with E-state index in [-0.39, 0.29) is 12.0 Å². The lowest BCUT2D eigenvalue weighted by Gasteiger charge is -2.37. The Labute approximate surface area is 116 Å². The Bertz CT molecular complexity index is 437. The molecule has 0 radical (unpaired) electrons. The molecule has 2 rings (SSSR count). The summed E-state index contributed by atoms with van der Waals surface area (Å²) in [5, 5.41) is 2.32. The fourth-order valence-corrected chi connectivity index (χ4v) is 2.95. The molecule has 0 bridgehead atoms. The van der Waals surface area contributed by atoms with Crippen LogP contribution in [0.3, 0.4) is 0 Å². The number of aromatic nitrogens is 1. The highest BCUT2D eigenvalue weighted by Crippen LogP contribution is 2.19. The van der Waals surface area contributed by atoms with Crippen LogP contribution < -0.4 is 11.3 Å². The largest absolute Gasteiger partial charge is 0.376 e. The van der Waals surface area contributed by atoms with E-state index in [9.17, 15) is 4.79 Å². The van der Waals surface area contributed by atoms with Crippen molar-refractivity contribution in [2.75, 3.05) is 13.2 Å². The second kappa shape index (κ2) is 6.42. The van der Waals surface area contributed by atoms with E-state index in [1.807, 2.05) is 5.38 Å². The number of carbonyl (C=O) groups excluding carboxylic acids is 1. The van der Waals surface area contributed by atoms with Gasteiger partial charge in [-0.3, -0.25) is 15.1 Å². The molecule has 1 aromatic rings. The van der Waals surface area contributed by atoms with E-state index in [0.717, 1.165) is 31.8 Å². The monoisotopic (exact) mass is 284 g/mol. The van der Waals surface area contributed by atoms with Crippen LogP contribution in [0, 0.1) is 0 Å². The number of hydrazine groups is 1. The third-order valence-corrected chi connectivity index (χ3v) is 4.18. The van der Waals surface area contributed by atoms with Crippen molar-refractivity contribution in [3.63, 3.8) is 0 Å². The van der Waals surface area contributed by atoms with Gasteiger partial charge in [-0.1, -0.05) is 6.92 Å². The maximum Gasteiger partial charge on any atom is 0.294 e. The van der Waals surface area contributed by atoms with Crippen molar-refractivity contribution in [1.29, 1.82) is 0 Å². The van der Waals surface area contributed by atoms with Crippen molar-refractivity contribution < 1.29 is 9.53 Å². The van der Waals surface area contributed by atoms with Gasteiger partial charge in [0.25, 0.3) is 5.91 Å². The fourth-order valence-electron chi connectivity index (χ4n) is 2.24. The van der Waals surface area contributed by atoms with E-state index in [0.29, 0.717) is 11.0 Å². The lowest BCUT2D eigenvalue weighted by molar-refractivity contribution is -0.0595. The number of nitrogens with two attached hydrogens (primary N) is 1. The Morgan fingerprint density at radius 3 is 3.21 bits per heavy atom. The van der Waals surface area contributed by atoms with Crippen molar-refractivity contribution in [3.8, 4) is 0 Å². The number of thiazole rings is 1. The Morgan fingerprint density at radius 2 is 2.53 bits per heavy atom. The molecule has 0 spiro atoms. The van der Waals surface area contributed by atoms with Crippen LogP contribution in [0.4, 0.5) is 0 Å². The highest BCUT2D eigenvalue weighted by Gasteiger charge is 2.26. The van der Waals surface area contributed by atoms with E-state index in [4.69, 9.17) is 10.6 Å². The highest BCUT2D eigenvalue weighted by atomic mass is 32.1. The van der Waals surface area contributed by atoms with Crippen LogP contribution in [0.1, 0.15) is 35.8 Å². The van der Waals surface area contributed by atoms with Crippen molar-refractivity contribution in [2.24, 2.45) is 5.84 Å². The van der Waals surface area contributed by atoms with Gasteiger partial charge in [0, 0.05) is 24.5 Å². The van der Waals surface area contributed by atoms with Gasteiger partial charge in [0.2, 0.25) is 0 Å². The average molecular weight is 284 g/mol. The lowest BCUT2D eigenvalue weighted by Crippen LogP contribution is -2.47. The van der Waals surface area contributed by atoms with Gasteiger partial charge in [0.1, 0.15) is 0 Å². The molecule has 3 N–H and O–H groups in total. The Morgan fingerprint density at radius 1 is 1.74 bits per heavy atom. The third-order valence-electron chi connectivity index (χ3n) is 3.29. The van der Waals surface area contributed by atoms with Gasteiger partial charge in [-0.2, -0.15) is 0 Å². The summed E-state index contributed by atoms with van der Waals surface area (Å²) in [5.41, 5.74) is 3.01. The number of carbonyl (C=O) groups is 1. The van der Waals surface area contributed by atoms with Crippen LogP contribution in [0.5, 0.6) is 0 Å². The van der Waals surface area contributed by atoms with Crippen LogP contribution in [0.15, 0.2) is 5.38 Å². The van der Waals surface area contributed by atoms with Gasteiger partial charge in [-0.15, -0.1) is 11.3 Å². The number of nitrogen functional groups attached to an aromatic ring is 1. The number of hydrogen-bond acceptors (Lipinski definition) is 6. The molecular formula is C12H20N4O2S. The fraction of sp³-hybridized carbons (Fsp3) is 0.667. The smallest absolute Gasteiger partial charge is 0.294 e. The topological polar surface area (TPSA) is 80.5 Å². The lowest BCUT2D eigenvalue weighted by atomic mass is 10.1. The second-order valence-electron chi connectivity index (χ2n) is 4.75. The summed E-state index contributed by atoms with van der Waals surface area (Å²) in [6, 6.07) is 0.421. The number of hydrogen-bond donors (Lipinski definition) is 2. The molecule has 0 saturated carbocycles. The van der Waals surface area contributed by atoms with Crippen LogP contribution in [-0.4, -0.2) is 41.1 Å². The maximum absolute atomic E-state index is 11.4. The van der Waals surface area contributed by atoms with Crippen molar-refractivity contribution >= 4 is 17.2 Å². The molecule has 1 aliphatic rings. The average Bonchev–Trinajstić information content (AvgIpc) is 2.86. The molecule has 1 amide bonds. The zero-order valence-electron chi connectivity index (χ0n) is 11.3. The Kier molecular flexibility index (Phi) is 4.87. The standard InChI is InChI=1S/C12H20N4O2S/c1-3-10-6-18-8(2)4-16(10)5-9-7-19-12(14-9)11(17)15-13/h7-8,10H,3-6,13H2,1-2H3,(H,15,17). The van der Waals surface area contributed by atoms with E-state index in [1.54, 1.807) is 0 Å². The Hall–Kier alpha value is -1.02. The molecule has 0 aliphatic carbocycles. The zero-order chi connectivity index (χ0) is 13.8. The van der Waals surface area contributed by atoms with Crippen LogP contribution >= 0.6 is 11.3 Å². The first kappa shape index (κ1) is 14.4. The minimum absolute atomic E-state index is 0.244. The molecule has 6 nitrogen and oxygen atoms in total. The predicted molar refractivity (Wildman–Crippen MR) is 73.7 cm³/mol. The second-order valence-corrected chi connectivity index (χ2v) is 5.61. The molecule has 1 aromatic heterocycles. The number of nitrogens with zero attached hydrogens (tertiary/aromatic N) is 2. The summed E-state index contributed by atoms with van der Waals surface area (Å²) in [5.74, 6) is 4.76. The van der Waals surface area contributed by atoms with Gasteiger partial charge in [-0.05, 0) is 13.3 Å². The SMILES string of the molecule is CCC1COC(C)CN1Cc1csc(C(=O)NN)n1. The quantitative estimate of drug-likeness (QED) is 0.484. The minimum Gasteiger partial charge on any atom is -0.376 e. The van der Waals surface area contributed by atoms with Crippen LogP contribution in [0.25, 0.3) is 0 Å². The van der Waals surface area contributed by atoms with E-state index in [1.165, 1.54) is 11.3 Å². The normalized spacial score (nSPS) is 24.4. The molecule has 2 atom stereocenters. The van der Waals surface area contributed by atoms with Gasteiger partial charge in [0.15, 0.2) is 5.01 Å². The molecule has 2 heterocycles. The molecule has 1 saturated heterocycles. The molecule has 2 unspecified atom stereocenters. The molecule has 1 aliphatic heterocycles. The first-order valence-electron chi connectivity index (χ1n) is 6.45. The molecule has 1 fully saturated rings. The summed E-state index contributed by atoms with van der Waals surface area (Å²) in [6.07, 6.45) is 1.29. The first-order chi connectivity index (χ1) is 9.13. The van der Waals surface area contributed by atoms with E-state index < -0.39 is 0 Å². The number of ether oxygens (including phenoxy) is 1. The minimum atomic E-state index is -0.335. The number of rotatable bonds is 4. The van der Waals surface area contributed by atoms with Crippen LogP contribution in [-0.2, 0) is 11.3 Å². The molecule has 19 heavy (non-hydrogen) atoms.